The monoisotopic (exact) mass is 479 g/mol. The van der Waals surface area contributed by atoms with Crippen molar-refractivity contribution in [3.63, 3.8) is 0 Å². The molecule has 3 aromatic rings. The summed E-state index contributed by atoms with van der Waals surface area (Å²) in [4.78, 5) is 38.3. The Labute approximate surface area is 188 Å². The van der Waals surface area contributed by atoms with Gasteiger partial charge in [-0.25, -0.2) is 4.39 Å². The summed E-state index contributed by atoms with van der Waals surface area (Å²) in [6.07, 6.45) is -3.04. The van der Waals surface area contributed by atoms with Crippen molar-refractivity contribution >= 4 is 17.9 Å². The minimum Gasteiger partial charge on any atom is -0.406 e. The Morgan fingerprint density at radius 1 is 1.12 bits per heavy atom. The lowest BCUT2D eigenvalue weighted by molar-refractivity contribution is -0.274. The van der Waals surface area contributed by atoms with E-state index in [0.717, 1.165) is 33.6 Å². The highest BCUT2D eigenvalue weighted by atomic mass is 19.4. The number of rotatable bonds is 5. The van der Waals surface area contributed by atoms with E-state index in [9.17, 15) is 31.9 Å². The average Bonchev–Trinajstić information content (AvgIpc) is 2.78. The Balaban J connectivity index is 1.83. The maximum Gasteiger partial charge on any atom is 0.573 e. The zero-order chi connectivity index (χ0) is 24.6. The van der Waals surface area contributed by atoms with Crippen molar-refractivity contribution in [2.75, 3.05) is 11.9 Å². The van der Waals surface area contributed by atoms with Crippen molar-refractivity contribution in [2.45, 2.75) is 19.3 Å². The molecular formula is C21H17F4N5O4. The van der Waals surface area contributed by atoms with Gasteiger partial charge in [-0.2, -0.15) is 4.68 Å². The highest BCUT2D eigenvalue weighted by molar-refractivity contribution is 5.61. The van der Waals surface area contributed by atoms with Crippen LogP contribution in [0.3, 0.4) is 0 Å². The SMILES string of the molecule is Cn1cc(F)cc(Nc2nn(-c3ccc(OC(F)(F)F)cc3)c(=O)c3c2CCN(C=O)C3)c1=O. The molecule has 0 atom stereocenters. The second kappa shape index (κ2) is 8.65. The van der Waals surface area contributed by atoms with Gasteiger partial charge in [0.25, 0.3) is 11.1 Å². The maximum absolute atomic E-state index is 13.9. The molecule has 0 radical (unpaired) electrons. The summed E-state index contributed by atoms with van der Waals surface area (Å²) < 4.78 is 57.1. The summed E-state index contributed by atoms with van der Waals surface area (Å²) in [5, 5.41) is 7.03. The van der Waals surface area contributed by atoms with Crippen molar-refractivity contribution in [1.82, 2.24) is 19.2 Å². The van der Waals surface area contributed by atoms with Crippen molar-refractivity contribution in [1.29, 1.82) is 0 Å². The van der Waals surface area contributed by atoms with Gasteiger partial charge in [-0.05, 0) is 30.7 Å². The van der Waals surface area contributed by atoms with E-state index in [0.29, 0.717) is 18.5 Å². The number of benzene rings is 1. The summed E-state index contributed by atoms with van der Waals surface area (Å²) >= 11 is 0. The molecule has 1 amide bonds. The van der Waals surface area contributed by atoms with E-state index < -0.39 is 29.0 Å². The number of nitrogens with one attached hydrogen (secondary N) is 1. The standard InChI is InChI=1S/C21H17F4N5O4/c1-28-9-12(22)8-17(20(28)33)26-18-15-6-7-29(11-31)10-16(15)19(32)30(27-18)13-2-4-14(5-3-13)34-21(23,24)25/h2-5,8-9,11H,6-7,10H2,1H3,(H,26,27). The summed E-state index contributed by atoms with van der Waals surface area (Å²) in [6.45, 7) is 0.256. The third kappa shape index (κ3) is 4.63. The predicted octanol–water partition coefficient (Wildman–Crippen LogP) is 2.23. The van der Waals surface area contributed by atoms with Crippen LogP contribution in [-0.2, 0) is 24.8 Å². The van der Waals surface area contributed by atoms with Gasteiger partial charge in [0, 0.05) is 37.0 Å². The normalized spacial score (nSPS) is 13.4. The fourth-order valence-corrected chi connectivity index (χ4v) is 3.62. The molecule has 13 heteroatoms. The van der Waals surface area contributed by atoms with E-state index in [1.807, 2.05) is 0 Å². The van der Waals surface area contributed by atoms with E-state index in [4.69, 9.17) is 0 Å². The molecule has 178 valence electrons. The number of carbonyl (C=O) groups excluding carboxylic acids is 1. The van der Waals surface area contributed by atoms with Crippen LogP contribution in [0.5, 0.6) is 5.75 Å². The predicted molar refractivity (Wildman–Crippen MR) is 112 cm³/mol. The van der Waals surface area contributed by atoms with Gasteiger partial charge in [0.2, 0.25) is 6.41 Å². The Kier molecular flexibility index (Phi) is 5.85. The molecule has 0 fully saturated rings. The first-order valence-corrected chi connectivity index (χ1v) is 9.89. The molecule has 0 bridgehead atoms. The van der Waals surface area contributed by atoms with Crippen LogP contribution in [-0.4, -0.2) is 38.6 Å². The number of fused-ring (bicyclic) bond motifs is 1. The number of aryl methyl sites for hydroxylation is 1. The van der Waals surface area contributed by atoms with Gasteiger partial charge in [0.1, 0.15) is 17.3 Å². The largest absolute Gasteiger partial charge is 0.573 e. The molecule has 4 rings (SSSR count). The van der Waals surface area contributed by atoms with Gasteiger partial charge in [-0.1, -0.05) is 0 Å². The van der Waals surface area contributed by atoms with E-state index in [-0.39, 0.29) is 35.7 Å². The smallest absolute Gasteiger partial charge is 0.406 e. The molecular weight excluding hydrogens is 462 g/mol. The fraction of sp³-hybridized carbons (Fsp3) is 0.238. The molecule has 3 heterocycles. The molecule has 2 aromatic heterocycles. The van der Waals surface area contributed by atoms with Crippen molar-refractivity contribution in [2.24, 2.45) is 7.05 Å². The number of amides is 1. The van der Waals surface area contributed by atoms with Gasteiger partial charge in [-0.15, -0.1) is 18.3 Å². The van der Waals surface area contributed by atoms with Gasteiger partial charge < -0.3 is 19.5 Å². The highest BCUT2D eigenvalue weighted by Crippen LogP contribution is 2.26. The summed E-state index contributed by atoms with van der Waals surface area (Å²) in [5.74, 6) is -1.09. The van der Waals surface area contributed by atoms with Gasteiger partial charge >= 0.3 is 6.36 Å². The molecule has 0 saturated carbocycles. The molecule has 1 N–H and O–H groups in total. The lowest BCUT2D eigenvalue weighted by atomic mass is 10.0. The number of alkyl halides is 3. The molecule has 0 saturated heterocycles. The fourth-order valence-electron chi connectivity index (χ4n) is 3.62. The minimum absolute atomic E-state index is 0.0364. The Bertz CT molecular complexity index is 1370. The number of hydrogen-bond donors (Lipinski definition) is 1. The van der Waals surface area contributed by atoms with Crippen LogP contribution in [0.15, 0.2) is 46.1 Å². The number of pyridine rings is 1. The first kappa shape index (κ1) is 23.0. The van der Waals surface area contributed by atoms with Crippen LogP contribution in [0.4, 0.5) is 29.1 Å². The molecule has 1 aromatic carbocycles. The van der Waals surface area contributed by atoms with Gasteiger partial charge in [-0.3, -0.25) is 14.4 Å². The lowest BCUT2D eigenvalue weighted by Crippen LogP contribution is -2.38. The third-order valence-corrected chi connectivity index (χ3v) is 5.18. The molecule has 0 spiro atoms. The molecule has 1 aliphatic heterocycles. The van der Waals surface area contributed by atoms with Gasteiger partial charge in [0.15, 0.2) is 5.82 Å². The second-order valence-electron chi connectivity index (χ2n) is 7.50. The Morgan fingerprint density at radius 3 is 2.47 bits per heavy atom. The van der Waals surface area contributed by atoms with E-state index in [2.05, 4.69) is 15.2 Å². The Hall–Kier alpha value is -4.16. The molecule has 9 nitrogen and oxygen atoms in total. The average molecular weight is 479 g/mol. The molecule has 0 aliphatic carbocycles. The first-order chi connectivity index (χ1) is 16.1. The van der Waals surface area contributed by atoms with Crippen LogP contribution in [0, 0.1) is 5.82 Å². The highest BCUT2D eigenvalue weighted by Gasteiger charge is 2.31. The molecule has 0 unspecified atom stereocenters. The zero-order valence-electron chi connectivity index (χ0n) is 17.6. The number of carbonyl (C=O) groups is 1. The Morgan fingerprint density at radius 2 is 1.82 bits per heavy atom. The third-order valence-electron chi connectivity index (χ3n) is 5.18. The summed E-state index contributed by atoms with van der Waals surface area (Å²) in [7, 11) is 1.37. The quantitative estimate of drug-likeness (QED) is 0.445. The van der Waals surface area contributed by atoms with E-state index in [1.165, 1.54) is 24.1 Å². The van der Waals surface area contributed by atoms with Gasteiger partial charge in [0.05, 0.1) is 12.2 Å². The number of aromatic nitrogens is 3. The van der Waals surface area contributed by atoms with Crippen LogP contribution in [0.25, 0.3) is 5.69 Å². The number of anilines is 2. The number of halogens is 4. The van der Waals surface area contributed by atoms with Crippen molar-refractivity contribution < 1.29 is 27.1 Å². The first-order valence-electron chi connectivity index (χ1n) is 9.89. The van der Waals surface area contributed by atoms with Crippen LogP contribution < -0.4 is 21.2 Å². The maximum atomic E-state index is 13.9. The van der Waals surface area contributed by atoms with Crippen molar-refractivity contribution in [3.8, 4) is 11.4 Å². The number of ether oxygens (including phenoxy) is 1. The minimum atomic E-state index is -4.88. The topological polar surface area (TPSA) is 98.5 Å². The molecule has 1 aliphatic rings. The van der Waals surface area contributed by atoms with Crippen LogP contribution >= 0.6 is 0 Å². The number of nitrogens with zero attached hydrogens (tertiary/aromatic N) is 4. The zero-order valence-corrected chi connectivity index (χ0v) is 17.6. The van der Waals surface area contributed by atoms with Crippen LogP contribution in [0.1, 0.15) is 11.1 Å². The lowest BCUT2D eigenvalue weighted by Gasteiger charge is -2.27. The second-order valence-corrected chi connectivity index (χ2v) is 7.50. The molecule has 34 heavy (non-hydrogen) atoms. The summed E-state index contributed by atoms with van der Waals surface area (Å²) in [6, 6.07) is 5.42. The van der Waals surface area contributed by atoms with E-state index in [1.54, 1.807) is 0 Å². The van der Waals surface area contributed by atoms with Crippen LogP contribution in [0.2, 0.25) is 0 Å². The van der Waals surface area contributed by atoms with E-state index >= 15 is 0 Å². The number of hydrogen-bond acceptors (Lipinski definition) is 6. The van der Waals surface area contributed by atoms with Crippen molar-refractivity contribution in [3.05, 3.63) is 74.2 Å². The summed E-state index contributed by atoms with van der Waals surface area (Å²) in [5.41, 5.74) is -0.505.